The Morgan fingerprint density at radius 3 is 2.13 bits per heavy atom. The maximum Gasteiger partial charge on any atom is 0.190 e. The number of aliphatic imine (C=N–C) groups is 1. The highest BCUT2D eigenvalue weighted by atomic mass is 127. The van der Waals surface area contributed by atoms with Crippen molar-refractivity contribution in [2.24, 2.45) is 4.99 Å². The standard InChI is InChI=1S/C19H25N3.HI/c1-3-21-19(20-2)22-15-18(17-12-8-5-9-13-17)14-16-10-6-4-7-11-16;/h4-13,18H,3,14-15H2,1-2H3,(H2,20,21,22);1H. The van der Waals surface area contributed by atoms with E-state index in [2.05, 4.69) is 83.2 Å². The van der Waals surface area contributed by atoms with Crippen LogP contribution in [0.3, 0.4) is 0 Å². The van der Waals surface area contributed by atoms with Crippen molar-refractivity contribution in [2.75, 3.05) is 20.1 Å². The fraction of sp³-hybridized carbons (Fsp3) is 0.316. The number of halogens is 1. The van der Waals surface area contributed by atoms with Gasteiger partial charge in [0, 0.05) is 26.1 Å². The summed E-state index contributed by atoms with van der Waals surface area (Å²) in [5, 5.41) is 6.67. The normalized spacial score (nSPS) is 12.2. The third-order valence-corrected chi connectivity index (χ3v) is 3.68. The predicted octanol–water partition coefficient (Wildman–Crippen LogP) is 3.82. The van der Waals surface area contributed by atoms with Gasteiger partial charge >= 0.3 is 0 Å². The van der Waals surface area contributed by atoms with Crippen LogP contribution in [0.4, 0.5) is 0 Å². The van der Waals surface area contributed by atoms with Gasteiger partial charge in [0.2, 0.25) is 0 Å². The number of guanidine groups is 1. The average molecular weight is 423 g/mol. The summed E-state index contributed by atoms with van der Waals surface area (Å²) in [5.41, 5.74) is 2.71. The van der Waals surface area contributed by atoms with Gasteiger partial charge in [-0.25, -0.2) is 0 Å². The Balaban J connectivity index is 0.00000264. The fourth-order valence-electron chi connectivity index (χ4n) is 2.54. The predicted molar refractivity (Wildman–Crippen MR) is 110 cm³/mol. The maximum absolute atomic E-state index is 4.24. The minimum absolute atomic E-state index is 0. The van der Waals surface area contributed by atoms with Crippen LogP contribution >= 0.6 is 24.0 Å². The second-order valence-corrected chi connectivity index (χ2v) is 5.28. The van der Waals surface area contributed by atoms with Gasteiger partial charge in [0.1, 0.15) is 0 Å². The molecule has 1 unspecified atom stereocenters. The molecule has 23 heavy (non-hydrogen) atoms. The SMILES string of the molecule is CCNC(=NC)NCC(Cc1ccccc1)c1ccccc1.I. The molecule has 0 spiro atoms. The number of nitrogens with zero attached hydrogens (tertiary/aromatic N) is 1. The van der Waals surface area contributed by atoms with Crippen molar-refractivity contribution >= 4 is 29.9 Å². The summed E-state index contributed by atoms with van der Waals surface area (Å²) in [7, 11) is 1.81. The van der Waals surface area contributed by atoms with Crippen molar-refractivity contribution in [1.82, 2.24) is 10.6 Å². The molecule has 0 bridgehead atoms. The van der Waals surface area contributed by atoms with Crippen molar-refractivity contribution in [3.8, 4) is 0 Å². The zero-order chi connectivity index (χ0) is 15.6. The zero-order valence-corrected chi connectivity index (χ0v) is 16.2. The second-order valence-electron chi connectivity index (χ2n) is 5.28. The van der Waals surface area contributed by atoms with E-state index in [1.54, 1.807) is 7.05 Å². The minimum Gasteiger partial charge on any atom is -0.357 e. The highest BCUT2D eigenvalue weighted by Gasteiger charge is 2.12. The lowest BCUT2D eigenvalue weighted by Crippen LogP contribution is -2.39. The van der Waals surface area contributed by atoms with E-state index in [0.29, 0.717) is 5.92 Å². The fourth-order valence-corrected chi connectivity index (χ4v) is 2.54. The van der Waals surface area contributed by atoms with Crippen LogP contribution in [0.2, 0.25) is 0 Å². The van der Waals surface area contributed by atoms with Crippen molar-refractivity contribution in [3.05, 3.63) is 71.8 Å². The molecule has 1 atom stereocenters. The lowest BCUT2D eigenvalue weighted by molar-refractivity contribution is 0.646. The van der Waals surface area contributed by atoms with E-state index >= 15 is 0 Å². The third kappa shape index (κ3) is 6.60. The second kappa shape index (κ2) is 11.0. The summed E-state index contributed by atoms with van der Waals surface area (Å²) < 4.78 is 0. The molecular formula is C19H26IN3. The molecule has 0 amide bonds. The highest BCUT2D eigenvalue weighted by Crippen LogP contribution is 2.20. The van der Waals surface area contributed by atoms with Crippen LogP contribution in [0.1, 0.15) is 24.0 Å². The Kier molecular flexibility index (Phi) is 9.36. The molecule has 2 rings (SSSR count). The van der Waals surface area contributed by atoms with Gasteiger partial charge < -0.3 is 10.6 Å². The van der Waals surface area contributed by atoms with Gasteiger partial charge in [-0.2, -0.15) is 0 Å². The molecule has 124 valence electrons. The molecule has 0 radical (unpaired) electrons. The smallest absolute Gasteiger partial charge is 0.190 e. The molecule has 3 nitrogen and oxygen atoms in total. The van der Waals surface area contributed by atoms with Gasteiger partial charge in [-0.05, 0) is 24.5 Å². The molecule has 4 heteroatoms. The monoisotopic (exact) mass is 423 g/mol. The van der Waals surface area contributed by atoms with Crippen LogP contribution in [-0.4, -0.2) is 26.1 Å². The Morgan fingerprint density at radius 2 is 1.57 bits per heavy atom. The van der Waals surface area contributed by atoms with Gasteiger partial charge in [-0.1, -0.05) is 60.7 Å². The Morgan fingerprint density at radius 1 is 0.957 bits per heavy atom. The molecule has 0 aliphatic carbocycles. The Labute approximate surface area is 156 Å². The average Bonchev–Trinajstić information content (AvgIpc) is 2.59. The first-order chi connectivity index (χ1) is 10.8. The molecule has 0 aliphatic heterocycles. The number of hydrogen-bond acceptors (Lipinski definition) is 1. The van der Waals surface area contributed by atoms with E-state index in [9.17, 15) is 0 Å². The zero-order valence-electron chi connectivity index (χ0n) is 13.8. The van der Waals surface area contributed by atoms with Crippen LogP contribution in [0, 0.1) is 0 Å². The lowest BCUT2D eigenvalue weighted by Gasteiger charge is -2.20. The van der Waals surface area contributed by atoms with Crippen molar-refractivity contribution in [1.29, 1.82) is 0 Å². The van der Waals surface area contributed by atoms with Crippen molar-refractivity contribution in [3.63, 3.8) is 0 Å². The van der Waals surface area contributed by atoms with Crippen molar-refractivity contribution < 1.29 is 0 Å². The molecular weight excluding hydrogens is 397 g/mol. The van der Waals surface area contributed by atoms with E-state index in [-0.39, 0.29) is 24.0 Å². The molecule has 0 aliphatic rings. The van der Waals surface area contributed by atoms with Crippen LogP contribution in [0.25, 0.3) is 0 Å². The highest BCUT2D eigenvalue weighted by molar-refractivity contribution is 14.0. The molecule has 0 fully saturated rings. The van der Waals surface area contributed by atoms with E-state index in [4.69, 9.17) is 0 Å². The molecule has 2 N–H and O–H groups in total. The summed E-state index contributed by atoms with van der Waals surface area (Å²) in [4.78, 5) is 4.24. The van der Waals surface area contributed by atoms with Crippen LogP contribution < -0.4 is 10.6 Å². The maximum atomic E-state index is 4.24. The molecule has 0 saturated heterocycles. The quantitative estimate of drug-likeness (QED) is 0.421. The van der Waals surface area contributed by atoms with E-state index in [1.165, 1.54) is 11.1 Å². The van der Waals surface area contributed by atoms with Gasteiger partial charge in [-0.15, -0.1) is 24.0 Å². The van der Waals surface area contributed by atoms with Gasteiger partial charge in [0.05, 0.1) is 0 Å². The van der Waals surface area contributed by atoms with Crippen LogP contribution in [-0.2, 0) is 6.42 Å². The first-order valence-electron chi connectivity index (χ1n) is 7.87. The Bertz CT molecular complexity index is 570. The lowest BCUT2D eigenvalue weighted by atomic mass is 9.92. The van der Waals surface area contributed by atoms with Crippen molar-refractivity contribution in [2.45, 2.75) is 19.3 Å². The van der Waals surface area contributed by atoms with E-state index in [1.807, 2.05) is 0 Å². The first kappa shape index (κ1) is 19.5. The molecule has 0 aromatic heterocycles. The molecule has 2 aromatic carbocycles. The number of rotatable bonds is 6. The van der Waals surface area contributed by atoms with Gasteiger partial charge in [0.15, 0.2) is 5.96 Å². The first-order valence-corrected chi connectivity index (χ1v) is 7.87. The van der Waals surface area contributed by atoms with Crippen LogP contribution in [0.5, 0.6) is 0 Å². The summed E-state index contributed by atoms with van der Waals surface area (Å²) in [6.45, 7) is 3.80. The van der Waals surface area contributed by atoms with Gasteiger partial charge in [-0.3, -0.25) is 4.99 Å². The molecule has 0 heterocycles. The number of benzene rings is 2. The summed E-state index contributed by atoms with van der Waals surface area (Å²) in [6, 6.07) is 21.3. The van der Waals surface area contributed by atoms with Gasteiger partial charge in [0.25, 0.3) is 0 Å². The third-order valence-electron chi connectivity index (χ3n) is 3.68. The summed E-state index contributed by atoms with van der Waals surface area (Å²) >= 11 is 0. The largest absolute Gasteiger partial charge is 0.357 e. The number of hydrogen-bond donors (Lipinski definition) is 2. The molecule has 0 saturated carbocycles. The van der Waals surface area contributed by atoms with E-state index < -0.39 is 0 Å². The number of nitrogens with one attached hydrogen (secondary N) is 2. The summed E-state index contributed by atoms with van der Waals surface area (Å²) in [6.07, 6.45) is 1.01. The Hall–Kier alpha value is -1.56. The summed E-state index contributed by atoms with van der Waals surface area (Å²) in [5.74, 6) is 1.27. The van der Waals surface area contributed by atoms with Crippen LogP contribution in [0.15, 0.2) is 65.7 Å². The topological polar surface area (TPSA) is 36.4 Å². The molecule has 2 aromatic rings. The van der Waals surface area contributed by atoms with E-state index in [0.717, 1.165) is 25.5 Å². The minimum atomic E-state index is 0.